The van der Waals surface area contributed by atoms with Crippen LogP contribution in [0.1, 0.15) is 19.4 Å². The summed E-state index contributed by atoms with van der Waals surface area (Å²) < 4.78 is 0. The van der Waals surface area contributed by atoms with Crippen LogP contribution in [-0.2, 0) is 0 Å². The largest absolute Gasteiger partial charge is 0.336 e. The third-order valence-corrected chi connectivity index (χ3v) is 6.11. The number of nitrogens with zero attached hydrogens (tertiary/aromatic N) is 8. The van der Waals surface area contributed by atoms with Crippen molar-refractivity contribution in [2.75, 3.05) is 33.7 Å². The Bertz CT molecular complexity index is 1000. The lowest BCUT2D eigenvalue weighted by Gasteiger charge is -2.32. The first-order valence-corrected chi connectivity index (χ1v) is 9.76. The molecular formula is C21H24N8. The fourth-order valence-electron chi connectivity index (χ4n) is 4.30. The average Bonchev–Trinajstić information content (AvgIpc) is 3.14. The van der Waals surface area contributed by atoms with Crippen molar-refractivity contribution in [1.29, 1.82) is 0 Å². The molecule has 8 nitrogen and oxygen atoms in total. The van der Waals surface area contributed by atoms with E-state index in [2.05, 4.69) is 92.6 Å². The summed E-state index contributed by atoms with van der Waals surface area (Å²) in [5.74, 6) is 3.56. The quantitative estimate of drug-likeness (QED) is 0.661. The minimum Gasteiger partial charge on any atom is -0.336 e. The van der Waals surface area contributed by atoms with Crippen molar-refractivity contribution in [3.05, 3.63) is 48.5 Å². The minimum atomic E-state index is 0.118. The van der Waals surface area contributed by atoms with Crippen LogP contribution in [0, 0.1) is 6.92 Å². The molecule has 3 aromatic rings. The van der Waals surface area contributed by atoms with Crippen molar-refractivity contribution >= 4 is 34.6 Å². The predicted molar refractivity (Wildman–Crippen MR) is 115 cm³/mol. The molecule has 4 heterocycles. The first-order chi connectivity index (χ1) is 14.0. The van der Waals surface area contributed by atoms with Gasteiger partial charge in [0.1, 0.15) is 12.3 Å². The van der Waals surface area contributed by atoms with Crippen LogP contribution in [0.4, 0.5) is 34.6 Å². The van der Waals surface area contributed by atoms with Crippen LogP contribution >= 0.6 is 0 Å². The molecule has 2 atom stereocenters. The Kier molecular flexibility index (Phi) is 3.84. The number of rotatable bonds is 2. The molecular weight excluding hydrogens is 364 g/mol. The maximum Gasteiger partial charge on any atom is 0.178 e. The number of anilines is 6. The fourth-order valence-corrected chi connectivity index (χ4v) is 4.30. The highest BCUT2D eigenvalue weighted by Crippen LogP contribution is 2.46. The van der Waals surface area contributed by atoms with Crippen LogP contribution in [0.2, 0.25) is 0 Å². The van der Waals surface area contributed by atoms with Gasteiger partial charge in [-0.1, -0.05) is 6.07 Å². The lowest BCUT2D eigenvalue weighted by Crippen LogP contribution is -2.37. The molecule has 8 heteroatoms. The molecule has 0 N–H and O–H groups in total. The van der Waals surface area contributed by atoms with Gasteiger partial charge in [0, 0.05) is 50.3 Å². The van der Waals surface area contributed by atoms with Gasteiger partial charge >= 0.3 is 0 Å². The van der Waals surface area contributed by atoms with Crippen LogP contribution in [-0.4, -0.2) is 46.4 Å². The van der Waals surface area contributed by atoms with Gasteiger partial charge in [-0.05, 0) is 38.5 Å². The summed E-state index contributed by atoms with van der Waals surface area (Å²) in [4.78, 5) is 27.1. The topological polar surface area (TPSA) is 64.5 Å². The molecule has 0 fully saturated rings. The van der Waals surface area contributed by atoms with Crippen LogP contribution in [0.3, 0.4) is 0 Å². The summed E-state index contributed by atoms with van der Waals surface area (Å²) >= 11 is 0. The van der Waals surface area contributed by atoms with E-state index in [0.717, 1.165) is 34.6 Å². The smallest absolute Gasteiger partial charge is 0.178 e. The lowest BCUT2D eigenvalue weighted by atomic mass is 10.1. The van der Waals surface area contributed by atoms with E-state index in [-0.39, 0.29) is 12.3 Å². The van der Waals surface area contributed by atoms with Gasteiger partial charge in [-0.15, -0.1) is 0 Å². The van der Waals surface area contributed by atoms with Crippen molar-refractivity contribution in [1.82, 2.24) is 19.9 Å². The second kappa shape index (κ2) is 6.30. The number of hydrogen-bond donors (Lipinski definition) is 0. The second-order valence-electron chi connectivity index (χ2n) is 7.55. The fraction of sp³-hybridized carbons (Fsp3) is 0.333. The van der Waals surface area contributed by atoms with E-state index in [1.165, 1.54) is 5.56 Å². The zero-order valence-corrected chi connectivity index (χ0v) is 17.3. The van der Waals surface area contributed by atoms with Gasteiger partial charge in [-0.25, -0.2) is 19.9 Å². The van der Waals surface area contributed by atoms with E-state index in [0.29, 0.717) is 0 Å². The van der Waals surface area contributed by atoms with Crippen molar-refractivity contribution in [3.63, 3.8) is 0 Å². The highest BCUT2D eigenvalue weighted by Gasteiger charge is 2.38. The zero-order chi connectivity index (χ0) is 20.3. The summed E-state index contributed by atoms with van der Waals surface area (Å²) in [7, 11) is 4.11. The van der Waals surface area contributed by atoms with E-state index in [4.69, 9.17) is 0 Å². The Morgan fingerprint density at radius 1 is 0.655 bits per heavy atom. The maximum atomic E-state index is 4.63. The van der Waals surface area contributed by atoms with E-state index in [1.807, 2.05) is 0 Å². The summed E-state index contributed by atoms with van der Waals surface area (Å²) in [6.07, 6.45) is 7.22. The normalized spacial score (nSPS) is 20.3. The highest BCUT2D eigenvalue weighted by molar-refractivity contribution is 5.85. The van der Waals surface area contributed by atoms with Crippen molar-refractivity contribution in [2.24, 2.45) is 0 Å². The summed E-state index contributed by atoms with van der Waals surface area (Å²) in [6.45, 7) is 6.50. The molecule has 1 aromatic carbocycles. The molecule has 148 valence electrons. The van der Waals surface area contributed by atoms with Gasteiger partial charge in [-0.2, -0.15) is 0 Å². The van der Waals surface area contributed by atoms with Gasteiger partial charge in [-0.3, -0.25) is 0 Å². The number of benzene rings is 1. The van der Waals surface area contributed by atoms with E-state index >= 15 is 0 Å². The molecule has 0 bridgehead atoms. The summed E-state index contributed by atoms with van der Waals surface area (Å²) in [5.41, 5.74) is 3.41. The Morgan fingerprint density at radius 2 is 1.03 bits per heavy atom. The predicted octanol–water partition coefficient (Wildman–Crippen LogP) is 3.44. The maximum absolute atomic E-state index is 4.63. The lowest BCUT2D eigenvalue weighted by molar-refractivity contribution is 0.718. The zero-order valence-electron chi connectivity index (χ0n) is 17.3. The number of hydrogen-bond acceptors (Lipinski definition) is 8. The SMILES string of the molecule is Cc1c(N2c3nccnc3N(C)[C@H]2C)cccc1N1c2nccnc2N(C)[C@@H]1C. The van der Waals surface area contributed by atoms with Gasteiger partial charge in [0.05, 0.1) is 0 Å². The standard InChI is InChI=1S/C21H24N8/c1-13-16(28-14(2)26(4)18-20(28)24-11-9-22-18)7-6-8-17(13)29-15(3)27(5)19-21(29)25-12-10-23-19/h6-12,14-15H,1-5H3/t14-,15+. The number of aromatic nitrogens is 4. The van der Waals surface area contributed by atoms with E-state index in [1.54, 1.807) is 24.8 Å². The molecule has 0 spiro atoms. The van der Waals surface area contributed by atoms with Crippen molar-refractivity contribution in [3.8, 4) is 0 Å². The molecule has 2 aliphatic rings. The third-order valence-electron chi connectivity index (χ3n) is 6.11. The average molecular weight is 388 g/mol. The van der Waals surface area contributed by atoms with Crippen LogP contribution in [0.25, 0.3) is 0 Å². The Hall–Kier alpha value is -3.42. The Balaban J connectivity index is 1.64. The molecule has 2 aromatic heterocycles. The molecule has 0 saturated carbocycles. The molecule has 2 aliphatic heterocycles. The van der Waals surface area contributed by atoms with Crippen molar-refractivity contribution < 1.29 is 0 Å². The van der Waals surface area contributed by atoms with E-state index < -0.39 is 0 Å². The number of fused-ring (bicyclic) bond motifs is 2. The first-order valence-electron chi connectivity index (χ1n) is 9.76. The second-order valence-corrected chi connectivity index (χ2v) is 7.55. The van der Waals surface area contributed by atoms with Crippen molar-refractivity contribution in [2.45, 2.75) is 33.1 Å². The molecule has 5 rings (SSSR count). The molecule has 0 saturated heterocycles. The molecule has 29 heavy (non-hydrogen) atoms. The molecule has 0 radical (unpaired) electrons. The van der Waals surface area contributed by atoms with Gasteiger partial charge in [0.15, 0.2) is 23.3 Å². The van der Waals surface area contributed by atoms with Gasteiger partial charge in [0.25, 0.3) is 0 Å². The highest BCUT2D eigenvalue weighted by atomic mass is 15.5. The Morgan fingerprint density at radius 3 is 1.45 bits per heavy atom. The molecule has 0 aliphatic carbocycles. The van der Waals surface area contributed by atoms with Gasteiger partial charge < -0.3 is 19.6 Å². The minimum absolute atomic E-state index is 0.118. The van der Waals surface area contributed by atoms with E-state index in [9.17, 15) is 0 Å². The Labute approximate surface area is 170 Å². The summed E-state index contributed by atoms with van der Waals surface area (Å²) in [5, 5.41) is 0. The van der Waals surface area contributed by atoms with Crippen LogP contribution in [0.5, 0.6) is 0 Å². The third kappa shape index (κ3) is 2.38. The molecule has 0 amide bonds. The molecule has 0 unspecified atom stereocenters. The summed E-state index contributed by atoms with van der Waals surface area (Å²) in [6, 6.07) is 6.39. The monoisotopic (exact) mass is 388 g/mol. The first kappa shape index (κ1) is 17.7. The van der Waals surface area contributed by atoms with Crippen LogP contribution in [0.15, 0.2) is 43.0 Å². The van der Waals surface area contributed by atoms with Gasteiger partial charge in [0.2, 0.25) is 0 Å². The van der Waals surface area contributed by atoms with Crippen LogP contribution < -0.4 is 19.6 Å².